The molecule has 35 heavy (non-hydrogen) atoms. The minimum Gasteiger partial charge on any atom is -0.389 e. The molecule has 2 aliphatic heterocycles. The average molecular weight is 462 g/mol. The third-order valence-corrected chi connectivity index (χ3v) is 6.30. The highest BCUT2D eigenvalue weighted by Crippen LogP contribution is 2.30. The fraction of sp³-hybridized carbons (Fsp3) is 0.107. The van der Waals surface area contributed by atoms with Crippen LogP contribution in [0.25, 0.3) is 33.5 Å². The van der Waals surface area contributed by atoms with Crippen molar-refractivity contribution < 1.29 is 5.11 Å². The van der Waals surface area contributed by atoms with Crippen LogP contribution in [0.3, 0.4) is 0 Å². The number of nitrogens with zero attached hydrogens (tertiary/aromatic N) is 5. The molecule has 172 valence electrons. The van der Waals surface area contributed by atoms with Crippen molar-refractivity contribution in [1.82, 2.24) is 24.1 Å². The van der Waals surface area contributed by atoms with Crippen molar-refractivity contribution in [2.75, 3.05) is 0 Å². The summed E-state index contributed by atoms with van der Waals surface area (Å²) in [5, 5.41) is 20.1. The molecule has 3 aromatic carbocycles. The lowest BCUT2D eigenvalue weighted by Crippen LogP contribution is -2.17. The van der Waals surface area contributed by atoms with Crippen LogP contribution in [0.1, 0.15) is 24.2 Å². The molecule has 7 heteroatoms. The SMILES string of the molecule is CC(O)c1ccccc1-n1nc2c3ccccc3n(Cc3ccc(-n4cccn4)cc3)cc-2c1=O. The summed E-state index contributed by atoms with van der Waals surface area (Å²) in [6.07, 6.45) is 4.83. The number of aromatic nitrogens is 5. The molecule has 1 aromatic heterocycles. The number of aliphatic hydroxyl groups is 1. The van der Waals surface area contributed by atoms with Gasteiger partial charge >= 0.3 is 0 Å². The second kappa shape index (κ2) is 8.38. The number of hydrogen-bond donors (Lipinski definition) is 1. The predicted molar refractivity (Wildman–Crippen MR) is 135 cm³/mol. The summed E-state index contributed by atoms with van der Waals surface area (Å²) in [4.78, 5) is 13.5. The van der Waals surface area contributed by atoms with Crippen molar-refractivity contribution in [3.8, 4) is 22.6 Å². The molecular formula is C28H23N5O2. The zero-order valence-electron chi connectivity index (χ0n) is 19.1. The fourth-order valence-electron chi connectivity index (χ4n) is 4.58. The minimum atomic E-state index is -0.718. The highest BCUT2D eigenvalue weighted by Gasteiger charge is 2.22. The Balaban J connectivity index is 1.48. The van der Waals surface area contributed by atoms with Crippen molar-refractivity contribution >= 4 is 10.9 Å². The predicted octanol–water partition coefficient (Wildman–Crippen LogP) is 4.58. The molecule has 0 saturated heterocycles. The Morgan fingerprint density at radius 3 is 2.49 bits per heavy atom. The molecule has 0 saturated carbocycles. The van der Waals surface area contributed by atoms with E-state index in [0.29, 0.717) is 29.1 Å². The summed E-state index contributed by atoms with van der Waals surface area (Å²) < 4.78 is 5.32. The molecule has 6 rings (SSSR count). The zero-order valence-corrected chi connectivity index (χ0v) is 19.1. The van der Waals surface area contributed by atoms with Gasteiger partial charge in [0.15, 0.2) is 0 Å². The summed E-state index contributed by atoms with van der Waals surface area (Å²) in [6, 6.07) is 25.4. The van der Waals surface area contributed by atoms with Crippen LogP contribution in [-0.2, 0) is 6.54 Å². The first-order valence-electron chi connectivity index (χ1n) is 11.5. The van der Waals surface area contributed by atoms with E-state index in [4.69, 9.17) is 5.10 Å². The van der Waals surface area contributed by atoms with Gasteiger partial charge < -0.3 is 9.67 Å². The van der Waals surface area contributed by atoms with E-state index >= 15 is 0 Å². The second-order valence-electron chi connectivity index (χ2n) is 8.61. The lowest BCUT2D eigenvalue weighted by atomic mass is 10.1. The van der Waals surface area contributed by atoms with Crippen LogP contribution in [0.2, 0.25) is 0 Å². The minimum absolute atomic E-state index is 0.207. The number of benzene rings is 3. The van der Waals surface area contributed by atoms with E-state index < -0.39 is 6.10 Å². The Hall–Kier alpha value is -4.49. The van der Waals surface area contributed by atoms with Gasteiger partial charge in [0.25, 0.3) is 5.56 Å². The molecule has 1 unspecified atom stereocenters. The number of rotatable bonds is 5. The van der Waals surface area contributed by atoms with Gasteiger partial charge in [-0.05, 0) is 42.8 Å². The Morgan fingerprint density at radius 2 is 1.71 bits per heavy atom. The summed E-state index contributed by atoms with van der Waals surface area (Å²) in [5.41, 5.74) is 5.32. The Kier molecular flexibility index (Phi) is 5.04. The van der Waals surface area contributed by atoms with Crippen molar-refractivity contribution in [1.29, 1.82) is 0 Å². The van der Waals surface area contributed by atoms with Crippen LogP contribution in [0, 0.1) is 0 Å². The molecular weight excluding hydrogens is 438 g/mol. The number of pyridine rings is 1. The summed E-state index contributed by atoms with van der Waals surface area (Å²) in [6.45, 7) is 2.29. The van der Waals surface area contributed by atoms with Gasteiger partial charge in [0.2, 0.25) is 0 Å². The van der Waals surface area contributed by atoms with Gasteiger partial charge in [-0.2, -0.15) is 14.9 Å². The molecule has 0 amide bonds. The quantitative estimate of drug-likeness (QED) is 0.408. The van der Waals surface area contributed by atoms with Crippen molar-refractivity contribution in [2.24, 2.45) is 0 Å². The van der Waals surface area contributed by atoms with Gasteiger partial charge in [-0.15, -0.1) is 0 Å². The van der Waals surface area contributed by atoms with E-state index in [0.717, 1.165) is 22.2 Å². The maximum absolute atomic E-state index is 13.5. The molecule has 2 aliphatic rings. The monoisotopic (exact) mass is 461 g/mol. The molecule has 0 spiro atoms. The molecule has 0 fully saturated rings. The molecule has 1 atom stereocenters. The third-order valence-electron chi connectivity index (χ3n) is 6.30. The zero-order chi connectivity index (χ0) is 23.9. The molecule has 0 radical (unpaired) electrons. The van der Waals surface area contributed by atoms with Crippen LogP contribution in [0.15, 0.2) is 102 Å². The first-order chi connectivity index (χ1) is 17.1. The lowest BCUT2D eigenvalue weighted by Gasteiger charge is -2.14. The number of para-hydroxylation sites is 2. The number of aliphatic hydroxyl groups excluding tert-OH is 1. The van der Waals surface area contributed by atoms with E-state index in [-0.39, 0.29) is 5.56 Å². The fourth-order valence-corrected chi connectivity index (χ4v) is 4.58. The van der Waals surface area contributed by atoms with Gasteiger partial charge in [0.05, 0.1) is 28.6 Å². The highest BCUT2D eigenvalue weighted by atomic mass is 16.3. The number of hydrogen-bond acceptors (Lipinski definition) is 4. The van der Waals surface area contributed by atoms with Crippen LogP contribution in [0.5, 0.6) is 0 Å². The van der Waals surface area contributed by atoms with E-state index in [1.807, 2.05) is 83.8 Å². The summed E-state index contributed by atoms with van der Waals surface area (Å²) >= 11 is 0. The first kappa shape index (κ1) is 21.1. The summed E-state index contributed by atoms with van der Waals surface area (Å²) in [5.74, 6) is 0. The Bertz CT molecular complexity index is 1660. The lowest BCUT2D eigenvalue weighted by molar-refractivity contribution is 0.199. The normalized spacial score (nSPS) is 12.4. The maximum atomic E-state index is 13.5. The van der Waals surface area contributed by atoms with Gasteiger partial charge in [0.1, 0.15) is 5.69 Å². The van der Waals surface area contributed by atoms with Crippen LogP contribution in [0.4, 0.5) is 0 Å². The van der Waals surface area contributed by atoms with Crippen molar-refractivity contribution in [3.05, 3.63) is 119 Å². The van der Waals surface area contributed by atoms with Gasteiger partial charge in [-0.25, -0.2) is 4.68 Å². The maximum Gasteiger partial charge on any atom is 0.282 e. The van der Waals surface area contributed by atoms with Crippen LogP contribution < -0.4 is 5.56 Å². The van der Waals surface area contributed by atoms with Gasteiger partial charge in [0, 0.05) is 36.1 Å². The molecule has 1 N–H and O–H groups in total. The first-order valence-corrected chi connectivity index (χ1v) is 11.5. The molecule has 7 nitrogen and oxygen atoms in total. The van der Waals surface area contributed by atoms with Gasteiger partial charge in [-0.3, -0.25) is 4.79 Å². The summed E-state index contributed by atoms with van der Waals surface area (Å²) in [7, 11) is 0. The van der Waals surface area contributed by atoms with Crippen molar-refractivity contribution in [3.63, 3.8) is 0 Å². The topological polar surface area (TPSA) is 77.9 Å². The van der Waals surface area contributed by atoms with Crippen LogP contribution in [-0.4, -0.2) is 29.2 Å². The average Bonchev–Trinajstić information content (AvgIpc) is 3.54. The third kappa shape index (κ3) is 3.62. The Labute approximate surface area is 201 Å². The smallest absolute Gasteiger partial charge is 0.282 e. The Morgan fingerprint density at radius 1 is 0.943 bits per heavy atom. The molecule has 0 bridgehead atoms. The van der Waals surface area contributed by atoms with Crippen LogP contribution >= 0.6 is 0 Å². The largest absolute Gasteiger partial charge is 0.389 e. The standard InChI is InChI=1S/C28H23N5O2/c1-19(34)22-7-2-5-10-26(22)33-28(35)24-18-31(25-9-4-3-8-23(25)27(24)30-33)17-20-11-13-21(14-12-20)32-16-6-15-29-32/h2-16,18-19,34H,17H2,1H3. The number of fused-ring (bicyclic) bond motifs is 3. The highest BCUT2D eigenvalue weighted by molar-refractivity contribution is 5.93. The molecule has 0 aliphatic carbocycles. The van der Waals surface area contributed by atoms with Crippen molar-refractivity contribution in [2.45, 2.75) is 19.6 Å². The molecule has 4 aromatic rings. The van der Waals surface area contributed by atoms with E-state index in [1.165, 1.54) is 4.68 Å². The van der Waals surface area contributed by atoms with Gasteiger partial charge in [-0.1, -0.05) is 48.5 Å². The van der Waals surface area contributed by atoms with E-state index in [9.17, 15) is 9.90 Å². The van der Waals surface area contributed by atoms with E-state index in [1.54, 1.807) is 13.1 Å². The van der Waals surface area contributed by atoms with E-state index in [2.05, 4.69) is 21.8 Å². The molecule has 3 heterocycles. The second-order valence-corrected chi connectivity index (χ2v) is 8.61.